The van der Waals surface area contributed by atoms with Crippen LogP contribution in [0.5, 0.6) is 0 Å². The molecule has 0 fully saturated rings. The molecule has 128 valence electrons. The van der Waals surface area contributed by atoms with Crippen LogP contribution in [0.4, 0.5) is 4.39 Å². The molecule has 2 N–H and O–H groups in total. The van der Waals surface area contributed by atoms with Gasteiger partial charge in [-0.2, -0.15) is 5.10 Å². The maximum absolute atomic E-state index is 14.0. The third-order valence-electron chi connectivity index (χ3n) is 3.64. The van der Waals surface area contributed by atoms with Gasteiger partial charge in [0.05, 0.1) is 6.10 Å². The zero-order valence-corrected chi connectivity index (χ0v) is 13.8. The second-order valence-electron chi connectivity index (χ2n) is 5.88. The minimum Gasteiger partial charge on any atom is -0.391 e. The first kappa shape index (κ1) is 17.8. The quantitative estimate of drug-likeness (QED) is 0.867. The number of nitrogens with zero attached hydrogens (tertiary/aromatic N) is 2. The van der Waals surface area contributed by atoms with Gasteiger partial charge >= 0.3 is 0 Å². The molecule has 1 aromatic heterocycles. The summed E-state index contributed by atoms with van der Waals surface area (Å²) in [6.07, 6.45) is -0.729. The summed E-state index contributed by atoms with van der Waals surface area (Å²) in [4.78, 5) is 24.2. The molecule has 1 amide bonds. The SMILES string of the molecule is Cc1cc(=O)c(C(=O)NCC(O)C(C)C)nn1-c1ccccc1F. The van der Waals surface area contributed by atoms with E-state index in [1.54, 1.807) is 13.0 Å². The monoisotopic (exact) mass is 333 g/mol. The molecule has 2 rings (SSSR count). The Hall–Kier alpha value is -2.54. The van der Waals surface area contributed by atoms with Crippen LogP contribution in [0.2, 0.25) is 0 Å². The van der Waals surface area contributed by atoms with Crippen LogP contribution in [0.25, 0.3) is 5.69 Å². The second kappa shape index (κ2) is 7.35. The zero-order chi connectivity index (χ0) is 17.9. The van der Waals surface area contributed by atoms with E-state index in [4.69, 9.17) is 0 Å². The Kier molecular flexibility index (Phi) is 5.46. The lowest BCUT2D eigenvalue weighted by Gasteiger charge is -2.15. The van der Waals surface area contributed by atoms with E-state index in [-0.39, 0.29) is 23.8 Å². The fourth-order valence-corrected chi connectivity index (χ4v) is 2.09. The summed E-state index contributed by atoms with van der Waals surface area (Å²) < 4.78 is 15.2. The van der Waals surface area contributed by atoms with Gasteiger partial charge in [-0.15, -0.1) is 0 Å². The number of hydrogen-bond acceptors (Lipinski definition) is 4. The van der Waals surface area contributed by atoms with Gasteiger partial charge in [-0.25, -0.2) is 9.07 Å². The fraction of sp³-hybridized carbons (Fsp3) is 0.353. The Balaban J connectivity index is 2.35. The summed E-state index contributed by atoms with van der Waals surface area (Å²) in [5.41, 5.74) is -0.355. The van der Waals surface area contributed by atoms with Gasteiger partial charge in [-0.1, -0.05) is 26.0 Å². The van der Waals surface area contributed by atoms with Gasteiger partial charge in [0.25, 0.3) is 5.91 Å². The summed E-state index contributed by atoms with van der Waals surface area (Å²) in [7, 11) is 0. The van der Waals surface area contributed by atoms with E-state index in [0.717, 1.165) is 0 Å². The molecular weight excluding hydrogens is 313 g/mol. The summed E-state index contributed by atoms with van der Waals surface area (Å²) in [6, 6.07) is 7.18. The van der Waals surface area contributed by atoms with E-state index in [9.17, 15) is 19.1 Å². The number of carbonyl (C=O) groups is 1. The molecule has 0 bridgehead atoms. The average Bonchev–Trinajstić information content (AvgIpc) is 2.53. The maximum Gasteiger partial charge on any atom is 0.275 e. The number of nitrogens with one attached hydrogen (secondary N) is 1. The standard InChI is InChI=1S/C17H20FN3O3/c1-10(2)15(23)9-19-17(24)16-14(22)8-11(3)21(20-16)13-7-5-4-6-12(13)18/h4-8,10,15,23H,9H2,1-3H3,(H,19,24). The van der Waals surface area contributed by atoms with E-state index in [1.807, 2.05) is 13.8 Å². The first-order valence-corrected chi connectivity index (χ1v) is 7.63. The predicted molar refractivity (Wildman–Crippen MR) is 87.7 cm³/mol. The number of aliphatic hydroxyl groups is 1. The highest BCUT2D eigenvalue weighted by Crippen LogP contribution is 2.13. The third-order valence-corrected chi connectivity index (χ3v) is 3.64. The van der Waals surface area contributed by atoms with Crippen LogP contribution in [0, 0.1) is 18.7 Å². The number of benzene rings is 1. The highest BCUT2D eigenvalue weighted by atomic mass is 19.1. The van der Waals surface area contributed by atoms with E-state index >= 15 is 0 Å². The topological polar surface area (TPSA) is 84.2 Å². The third kappa shape index (κ3) is 3.86. The molecule has 0 aliphatic rings. The summed E-state index contributed by atoms with van der Waals surface area (Å²) in [5.74, 6) is -1.26. The van der Waals surface area contributed by atoms with Crippen molar-refractivity contribution < 1.29 is 14.3 Å². The molecule has 7 heteroatoms. The maximum atomic E-state index is 14.0. The molecule has 6 nitrogen and oxygen atoms in total. The van der Waals surface area contributed by atoms with Gasteiger partial charge in [0.1, 0.15) is 11.5 Å². The van der Waals surface area contributed by atoms with Crippen molar-refractivity contribution in [1.82, 2.24) is 15.1 Å². The van der Waals surface area contributed by atoms with Crippen molar-refractivity contribution in [2.24, 2.45) is 5.92 Å². The molecule has 0 saturated heterocycles. The number of carbonyl (C=O) groups excluding carboxylic acids is 1. The van der Waals surface area contributed by atoms with Crippen LogP contribution in [-0.4, -0.2) is 33.4 Å². The van der Waals surface area contributed by atoms with Crippen molar-refractivity contribution in [3.05, 3.63) is 57.8 Å². The molecule has 0 saturated carbocycles. The van der Waals surface area contributed by atoms with Gasteiger partial charge < -0.3 is 10.4 Å². The highest BCUT2D eigenvalue weighted by molar-refractivity contribution is 5.92. The first-order chi connectivity index (χ1) is 11.3. The average molecular weight is 333 g/mol. The van der Waals surface area contributed by atoms with Crippen LogP contribution < -0.4 is 10.7 Å². The second-order valence-corrected chi connectivity index (χ2v) is 5.88. The van der Waals surface area contributed by atoms with E-state index < -0.39 is 23.3 Å². The van der Waals surface area contributed by atoms with Gasteiger partial charge in [0.15, 0.2) is 5.69 Å². The molecule has 1 aromatic carbocycles. The molecule has 0 aliphatic carbocycles. The Morgan fingerprint density at radius 1 is 1.38 bits per heavy atom. The van der Waals surface area contributed by atoms with Crippen LogP contribution in [0.15, 0.2) is 35.1 Å². The number of aryl methyl sites for hydroxylation is 1. The van der Waals surface area contributed by atoms with Gasteiger partial charge in [-0.05, 0) is 25.0 Å². The number of aromatic nitrogens is 2. The summed E-state index contributed by atoms with van der Waals surface area (Å²) in [6.45, 7) is 5.23. The normalized spacial score (nSPS) is 12.2. The Morgan fingerprint density at radius 2 is 2.04 bits per heavy atom. The minimum absolute atomic E-state index is 0.00515. The van der Waals surface area contributed by atoms with E-state index in [0.29, 0.717) is 5.69 Å². The molecule has 2 aromatic rings. The molecule has 0 aliphatic heterocycles. The van der Waals surface area contributed by atoms with Gasteiger partial charge in [0.2, 0.25) is 5.43 Å². The lowest BCUT2D eigenvalue weighted by molar-refractivity contribution is 0.0864. The van der Waals surface area contributed by atoms with Crippen molar-refractivity contribution >= 4 is 5.91 Å². The highest BCUT2D eigenvalue weighted by Gasteiger charge is 2.18. The fourth-order valence-electron chi connectivity index (χ4n) is 2.09. The number of aliphatic hydroxyl groups excluding tert-OH is 1. The lowest BCUT2D eigenvalue weighted by atomic mass is 10.1. The Bertz CT molecular complexity index is 802. The molecule has 0 radical (unpaired) electrons. The van der Waals surface area contributed by atoms with Crippen molar-refractivity contribution in [3.8, 4) is 5.69 Å². The van der Waals surface area contributed by atoms with Gasteiger partial charge in [-0.3, -0.25) is 9.59 Å². The molecule has 0 spiro atoms. The Labute approximate surface area is 138 Å². The van der Waals surface area contributed by atoms with Gasteiger partial charge in [0, 0.05) is 18.3 Å². The van der Waals surface area contributed by atoms with Crippen LogP contribution in [-0.2, 0) is 0 Å². The molecule has 24 heavy (non-hydrogen) atoms. The molecule has 1 heterocycles. The van der Waals surface area contributed by atoms with Crippen molar-refractivity contribution in [3.63, 3.8) is 0 Å². The van der Waals surface area contributed by atoms with E-state index in [1.165, 1.54) is 28.9 Å². The first-order valence-electron chi connectivity index (χ1n) is 7.63. The van der Waals surface area contributed by atoms with Crippen LogP contribution in [0.1, 0.15) is 30.0 Å². The zero-order valence-electron chi connectivity index (χ0n) is 13.8. The largest absolute Gasteiger partial charge is 0.391 e. The number of halogens is 1. The Morgan fingerprint density at radius 3 is 2.67 bits per heavy atom. The summed E-state index contributed by atoms with van der Waals surface area (Å²) in [5, 5.41) is 16.2. The minimum atomic E-state index is -0.729. The number of hydrogen-bond donors (Lipinski definition) is 2. The summed E-state index contributed by atoms with van der Waals surface area (Å²) >= 11 is 0. The number of rotatable bonds is 5. The molecule has 1 unspecified atom stereocenters. The molecular formula is C17H20FN3O3. The lowest BCUT2D eigenvalue weighted by Crippen LogP contribution is -2.38. The van der Waals surface area contributed by atoms with Crippen molar-refractivity contribution in [1.29, 1.82) is 0 Å². The number of para-hydroxylation sites is 1. The van der Waals surface area contributed by atoms with Crippen molar-refractivity contribution in [2.75, 3.05) is 6.54 Å². The van der Waals surface area contributed by atoms with E-state index in [2.05, 4.69) is 10.4 Å². The van der Waals surface area contributed by atoms with Crippen molar-refractivity contribution in [2.45, 2.75) is 26.9 Å². The molecule has 1 atom stereocenters. The van der Waals surface area contributed by atoms with Crippen LogP contribution in [0.3, 0.4) is 0 Å². The predicted octanol–water partition coefficient (Wildman–Crippen LogP) is 1.43. The van der Waals surface area contributed by atoms with Crippen LogP contribution >= 0.6 is 0 Å². The number of amides is 1. The smallest absolute Gasteiger partial charge is 0.275 e.